The van der Waals surface area contributed by atoms with E-state index < -0.39 is 34.8 Å². The van der Waals surface area contributed by atoms with Gasteiger partial charge >= 0.3 is 11.7 Å². The van der Waals surface area contributed by atoms with Crippen LogP contribution in [0.5, 0.6) is 5.75 Å². The molecule has 3 aromatic rings. The molecule has 1 aliphatic rings. The van der Waals surface area contributed by atoms with Crippen molar-refractivity contribution in [2.24, 2.45) is 5.73 Å². The summed E-state index contributed by atoms with van der Waals surface area (Å²) in [5.41, 5.74) is 3.76. The summed E-state index contributed by atoms with van der Waals surface area (Å²) in [5.74, 6) is -0.816. The molecule has 1 aliphatic carbocycles. The number of hydrogen-bond acceptors (Lipinski definition) is 8. The number of amides is 1. The largest absolute Gasteiger partial charge is 0.496 e. The van der Waals surface area contributed by atoms with Gasteiger partial charge in [-0.05, 0) is 52.2 Å². The van der Waals surface area contributed by atoms with Gasteiger partial charge in [0.2, 0.25) is 5.91 Å². The normalized spacial score (nSPS) is 15.2. The molecular formula is C29H37N3O7S. The SMILES string of the molecule is CCOC(=O)c1sc2c(c1C)c(=O)n(C(C)(C)C(N)=O)c(=O)n2C[C@H](OC1CCCCC1)c1ccccc1OC. The van der Waals surface area contributed by atoms with Crippen molar-refractivity contribution in [2.75, 3.05) is 13.7 Å². The van der Waals surface area contributed by atoms with Crippen LogP contribution in [0.25, 0.3) is 10.2 Å². The Morgan fingerprint density at radius 1 is 1.15 bits per heavy atom. The van der Waals surface area contributed by atoms with Gasteiger partial charge in [-0.3, -0.25) is 14.2 Å². The molecule has 0 bridgehead atoms. The third-order valence-electron chi connectivity index (χ3n) is 7.58. The lowest BCUT2D eigenvalue weighted by molar-refractivity contribution is -0.125. The van der Waals surface area contributed by atoms with E-state index in [0.29, 0.717) is 16.1 Å². The highest BCUT2D eigenvalue weighted by atomic mass is 32.1. The van der Waals surface area contributed by atoms with Gasteiger partial charge in [0.15, 0.2) is 0 Å². The van der Waals surface area contributed by atoms with Crippen LogP contribution >= 0.6 is 11.3 Å². The molecule has 2 N–H and O–H groups in total. The predicted octanol–water partition coefficient (Wildman–Crippen LogP) is 4.03. The fourth-order valence-electron chi connectivity index (χ4n) is 5.25. The second-order valence-corrected chi connectivity index (χ2v) is 11.5. The van der Waals surface area contributed by atoms with E-state index >= 15 is 0 Å². The van der Waals surface area contributed by atoms with E-state index in [1.807, 2.05) is 24.3 Å². The zero-order valence-electron chi connectivity index (χ0n) is 23.7. The molecule has 1 aromatic carbocycles. The number of carbonyl (C=O) groups excluding carboxylic acids is 2. The fraction of sp³-hybridized carbons (Fsp3) is 0.517. The minimum atomic E-state index is -1.63. The minimum Gasteiger partial charge on any atom is -0.496 e. The highest BCUT2D eigenvalue weighted by molar-refractivity contribution is 7.20. The zero-order chi connectivity index (χ0) is 29.2. The topological polar surface area (TPSA) is 132 Å². The van der Waals surface area contributed by atoms with Gasteiger partial charge in [-0.15, -0.1) is 11.3 Å². The molecule has 1 saturated carbocycles. The van der Waals surface area contributed by atoms with Crippen molar-refractivity contribution in [3.8, 4) is 5.75 Å². The standard InChI is InChI=1S/C29H37N3O7S/c1-6-38-26(34)23-17(2)22-24(33)32(29(3,4)27(30)35)28(36)31(25(22)40-23)16-21(39-18-12-8-7-9-13-18)19-14-10-11-15-20(19)37-5/h10-11,14-15,18,21H,6-9,12-13,16H2,1-5H3,(H2,30,35)/t21-/m0/s1. The van der Waals surface area contributed by atoms with Crippen molar-refractivity contribution in [1.29, 1.82) is 0 Å². The summed E-state index contributed by atoms with van der Waals surface area (Å²) in [4.78, 5) is 53.7. The first kappa shape index (κ1) is 29.5. The van der Waals surface area contributed by atoms with Crippen LogP contribution < -0.4 is 21.7 Å². The lowest BCUT2D eigenvalue weighted by Crippen LogP contribution is -2.54. The van der Waals surface area contributed by atoms with Gasteiger partial charge in [0.05, 0.1) is 31.8 Å². The maximum absolute atomic E-state index is 14.1. The van der Waals surface area contributed by atoms with Crippen LogP contribution in [0, 0.1) is 6.92 Å². The number of thiophene rings is 1. The molecule has 1 amide bonds. The molecular weight excluding hydrogens is 534 g/mol. The highest BCUT2D eigenvalue weighted by Gasteiger charge is 2.35. The average Bonchev–Trinajstić information content (AvgIpc) is 3.28. The van der Waals surface area contributed by atoms with E-state index in [0.717, 1.165) is 53.6 Å². The molecule has 11 heteroatoms. The maximum atomic E-state index is 14.1. The van der Waals surface area contributed by atoms with Crippen molar-refractivity contribution in [3.05, 3.63) is 61.1 Å². The summed E-state index contributed by atoms with van der Waals surface area (Å²) in [7, 11) is 1.57. The Balaban J connectivity index is 1.99. The first-order valence-electron chi connectivity index (χ1n) is 13.6. The first-order valence-corrected chi connectivity index (χ1v) is 14.4. The van der Waals surface area contributed by atoms with Gasteiger partial charge in [-0.25, -0.2) is 14.2 Å². The Morgan fingerprint density at radius 3 is 2.45 bits per heavy atom. The summed E-state index contributed by atoms with van der Waals surface area (Å²) < 4.78 is 19.8. The molecule has 0 spiro atoms. The number of carbonyl (C=O) groups is 2. The number of hydrogen-bond donors (Lipinski definition) is 1. The molecule has 2 heterocycles. The average molecular weight is 572 g/mol. The molecule has 0 aliphatic heterocycles. The number of benzene rings is 1. The van der Waals surface area contributed by atoms with E-state index in [-0.39, 0.29) is 29.5 Å². The number of primary amides is 1. The van der Waals surface area contributed by atoms with Crippen molar-refractivity contribution in [1.82, 2.24) is 9.13 Å². The van der Waals surface area contributed by atoms with Crippen molar-refractivity contribution >= 4 is 33.4 Å². The Labute approximate surface area is 236 Å². The van der Waals surface area contributed by atoms with Crippen LogP contribution in [0.3, 0.4) is 0 Å². The minimum absolute atomic E-state index is 0.0111. The fourth-order valence-corrected chi connectivity index (χ4v) is 6.44. The molecule has 0 radical (unpaired) electrons. The molecule has 4 rings (SSSR count). The van der Waals surface area contributed by atoms with E-state index in [9.17, 15) is 19.2 Å². The van der Waals surface area contributed by atoms with E-state index in [1.165, 1.54) is 18.4 Å². The number of fused-ring (bicyclic) bond motifs is 1. The highest BCUT2D eigenvalue weighted by Crippen LogP contribution is 2.35. The second-order valence-electron chi connectivity index (χ2n) is 10.5. The predicted molar refractivity (Wildman–Crippen MR) is 153 cm³/mol. The quantitative estimate of drug-likeness (QED) is 0.364. The molecule has 40 heavy (non-hydrogen) atoms. The first-order chi connectivity index (χ1) is 19.0. The number of rotatable bonds is 10. The maximum Gasteiger partial charge on any atom is 0.348 e. The number of aromatic nitrogens is 2. The van der Waals surface area contributed by atoms with Crippen LogP contribution in [-0.4, -0.2) is 40.8 Å². The molecule has 216 valence electrons. The Hall–Kier alpha value is -3.44. The number of ether oxygens (including phenoxy) is 3. The monoisotopic (exact) mass is 571 g/mol. The Morgan fingerprint density at radius 2 is 1.82 bits per heavy atom. The molecule has 10 nitrogen and oxygen atoms in total. The van der Waals surface area contributed by atoms with E-state index in [2.05, 4.69) is 0 Å². The molecule has 0 saturated heterocycles. The summed E-state index contributed by atoms with van der Waals surface area (Å²) in [6.45, 7) is 6.36. The van der Waals surface area contributed by atoms with E-state index in [1.54, 1.807) is 21.0 Å². The summed E-state index contributed by atoms with van der Waals surface area (Å²) >= 11 is 1.02. The van der Waals surface area contributed by atoms with Gasteiger partial charge in [-0.1, -0.05) is 37.5 Å². The van der Waals surface area contributed by atoms with Gasteiger partial charge < -0.3 is 19.9 Å². The van der Waals surface area contributed by atoms with Gasteiger partial charge in [0, 0.05) is 5.56 Å². The van der Waals surface area contributed by atoms with Crippen LogP contribution in [0.4, 0.5) is 0 Å². The second kappa shape index (κ2) is 12.0. The molecule has 2 aromatic heterocycles. The van der Waals surface area contributed by atoms with Crippen LogP contribution in [0.1, 0.15) is 79.8 Å². The number of methoxy groups -OCH3 is 1. The van der Waals surface area contributed by atoms with Gasteiger partial charge in [0.1, 0.15) is 27.1 Å². The number of nitrogens with two attached hydrogens (primary N) is 1. The number of para-hydroxylation sites is 1. The third kappa shape index (κ3) is 5.44. The number of nitrogens with zero attached hydrogens (tertiary/aromatic N) is 2. The van der Waals surface area contributed by atoms with E-state index in [4.69, 9.17) is 19.9 Å². The smallest absolute Gasteiger partial charge is 0.348 e. The van der Waals surface area contributed by atoms with Crippen molar-refractivity contribution in [3.63, 3.8) is 0 Å². The summed E-state index contributed by atoms with van der Waals surface area (Å²) in [5, 5.41) is 0.165. The lowest BCUT2D eigenvalue weighted by atomic mass is 9.97. The molecule has 1 atom stereocenters. The zero-order valence-corrected chi connectivity index (χ0v) is 24.5. The Kier molecular flexibility index (Phi) is 8.84. The van der Waals surface area contributed by atoms with Crippen molar-refractivity contribution < 1.29 is 23.8 Å². The van der Waals surface area contributed by atoms with Crippen LogP contribution in [-0.2, 0) is 26.4 Å². The van der Waals surface area contributed by atoms with Crippen molar-refractivity contribution in [2.45, 2.75) is 84.1 Å². The molecule has 1 fully saturated rings. The van der Waals surface area contributed by atoms with Crippen LogP contribution in [0.2, 0.25) is 0 Å². The van der Waals surface area contributed by atoms with Crippen LogP contribution in [0.15, 0.2) is 33.9 Å². The molecule has 0 unspecified atom stereocenters. The Bertz CT molecular complexity index is 1530. The lowest BCUT2D eigenvalue weighted by Gasteiger charge is -2.30. The number of aryl methyl sites for hydroxylation is 1. The third-order valence-corrected chi connectivity index (χ3v) is 8.87. The summed E-state index contributed by atoms with van der Waals surface area (Å²) in [6.07, 6.45) is 4.43. The number of esters is 1. The summed E-state index contributed by atoms with van der Waals surface area (Å²) in [6, 6.07) is 7.45. The van der Waals surface area contributed by atoms with Gasteiger partial charge in [-0.2, -0.15) is 0 Å². The van der Waals surface area contributed by atoms with Gasteiger partial charge in [0.25, 0.3) is 5.56 Å².